The summed E-state index contributed by atoms with van der Waals surface area (Å²) in [5.74, 6) is 1.43. The Morgan fingerprint density at radius 3 is 2.68 bits per heavy atom. The van der Waals surface area contributed by atoms with Gasteiger partial charge in [-0.1, -0.05) is 15.9 Å². The summed E-state index contributed by atoms with van der Waals surface area (Å²) in [6.45, 7) is 1.51. The third kappa shape index (κ3) is 5.20. The maximum atomic E-state index is 11.9. The second-order valence-electron chi connectivity index (χ2n) is 4.76. The first-order valence-corrected chi connectivity index (χ1v) is 7.93. The highest BCUT2D eigenvalue weighted by Crippen LogP contribution is 2.18. The van der Waals surface area contributed by atoms with Crippen molar-refractivity contribution in [2.45, 2.75) is 19.4 Å². The predicted octanol–water partition coefficient (Wildman–Crippen LogP) is 3.09. The van der Waals surface area contributed by atoms with E-state index in [0.717, 1.165) is 23.1 Å². The van der Waals surface area contributed by atoms with E-state index in [4.69, 9.17) is 14.9 Å². The van der Waals surface area contributed by atoms with Gasteiger partial charge in [0.25, 0.3) is 5.91 Å². The molecule has 3 N–H and O–H groups in total. The van der Waals surface area contributed by atoms with Crippen LogP contribution in [0.2, 0.25) is 0 Å². The molecule has 1 amide bonds. The summed E-state index contributed by atoms with van der Waals surface area (Å²) >= 11 is 3.37. The average molecular weight is 367 g/mol. The quantitative estimate of drug-likeness (QED) is 0.703. The first kappa shape index (κ1) is 16.6. The zero-order valence-electron chi connectivity index (χ0n) is 12.2. The van der Waals surface area contributed by atoms with Crippen LogP contribution < -0.4 is 15.8 Å². The van der Waals surface area contributed by atoms with E-state index in [1.54, 1.807) is 12.1 Å². The SMILES string of the molecule is NCCCCNC(=O)c1ccc(COc2ccc(Br)cc2)o1. The number of amides is 1. The van der Waals surface area contributed by atoms with Crippen LogP contribution in [0.25, 0.3) is 0 Å². The maximum absolute atomic E-state index is 11.9. The molecule has 118 valence electrons. The molecule has 0 bridgehead atoms. The number of ether oxygens (including phenoxy) is 1. The number of carbonyl (C=O) groups is 1. The molecule has 6 heteroatoms. The second kappa shape index (κ2) is 8.60. The Bertz CT molecular complexity index is 596. The summed E-state index contributed by atoms with van der Waals surface area (Å²) < 4.78 is 12.1. The summed E-state index contributed by atoms with van der Waals surface area (Å²) in [7, 11) is 0. The van der Waals surface area contributed by atoms with Gasteiger partial charge in [0.05, 0.1) is 0 Å². The third-order valence-electron chi connectivity index (χ3n) is 3.00. The van der Waals surface area contributed by atoms with Gasteiger partial charge in [0.15, 0.2) is 5.76 Å². The zero-order chi connectivity index (χ0) is 15.8. The Morgan fingerprint density at radius 2 is 1.95 bits per heavy atom. The number of rotatable bonds is 8. The standard InChI is InChI=1S/C16H19BrN2O3/c17-12-3-5-13(6-4-12)21-11-14-7-8-15(22-14)16(20)19-10-2-1-9-18/h3-8H,1-2,9-11,18H2,(H,19,20). The highest BCUT2D eigenvalue weighted by atomic mass is 79.9. The smallest absolute Gasteiger partial charge is 0.286 e. The molecule has 0 atom stereocenters. The van der Waals surface area contributed by atoms with Crippen molar-refractivity contribution in [3.8, 4) is 5.75 Å². The van der Waals surface area contributed by atoms with Gasteiger partial charge in [0.2, 0.25) is 0 Å². The van der Waals surface area contributed by atoms with Crippen molar-refractivity contribution in [2.24, 2.45) is 5.73 Å². The van der Waals surface area contributed by atoms with Crippen molar-refractivity contribution in [3.05, 3.63) is 52.4 Å². The lowest BCUT2D eigenvalue weighted by molar-refractivity contribution is 0.0921. The van der Waals surface area contributed by atoms with Gasteiger partial charge in [-0.3, -0.25) is 4.79 Å². The Balaban J connectivity index is 1.80. The molecule has 1 aromatic carbocycles. The van der Waals surface area contributed by atoms with Gasteiger partial charge in [0, 0.05) is 11.0 Å². The Morgan fingerprint density at radius 1 is 1.18 bits per heavy atom. The second-order valence-corrected chi connectivity index (χ2v) is 5.68. The normalized spacial score (nSPS) is 10.5. The molecule has 0 unspecified atom stereocenters. The van der Waals surface area contributed by atoms with Crippen LogP contribution in [-0.2, 0) is 6.61 Å². The molecular weight excluding hydrogens is 348 g/mol. The third-order valence-corrected chi connectivity index (χ3v) is 3.53. The van der Waals surface area contributed by atoms with E-state index >= 15 is 0 Å². The number of halogens is 1. The highest BCUT2D eigenvalue weighted by molar-refractivity contribution is 9.10. The summed E-state index contributed by atoms with van der Waals surface area (Å²) in [5.41, 5.74) is 5.40. The van der Waals surface area contributed by atoms with Crippen molar-refractivity contribution < 1.29 is 13.9 Å². The lowest BCUT2D eigenvalue weighted by Gasteiger charge is -2.04. The largest absolute Gasteiger partial charge is 0.486 e. The fourth-order valence-electron chi connectivity index (χ4n) is 1.82. The fraction of sp³-hybridized carbons (Fsp3) is 0.312. The van der Waals surface area contributed by atoms with Gasteiger partial charge >= 0.3 is 0 Å². The number of furan rings is 1. The van der Waals surface area contributed by atoms with E-state index in [-0.39, 0.29) is 12.5 Å². The lowest BCUT2D eigenvalue weighted by Crippen LogP contribution is -2.24. The average Bonchev–Trinajstić information content (AvgIpc) is 3.00. The Labute approximate surface area is 138 Å². The first-order chi connectivity index (χ1) is 10.7. The molecule has 22 heavy (non-hydrogen) atoms. The number of hydrogen-bond donors (Lipinski definition) is 2. The van der Waals surface area contributed by atoms with Crippen LogP contribution in [0.5, 0.6) is 5.75 Å². The molecule has 0 radical (unpaired) electrons. The molecule has 0 fully saturated rings. The number of carbonyl (C=O) groups excluding carboxylic acids is 1. The monoisotopic (exact) mass is 366 g/mol. The lowest BCUT2D eigenvalue weighted by atomic mass is 10.3. The minimum atomic E-state index is -0.216. The molecular formula is C16H19BrN2O3. The molecule has 0 aliphatic rings. The molecule has 0 aliphatic heterocycles. The number of unbranched alkanes of at least 4 members (excludes halogenated alkanes) is 1. The van der Waals surface area contributed by atoms with Gasteiger partial charge in [-0.25, -0.2) is 0 Å². The minimum absolute atomic E-state index is 0.216. The molecule has 0 saturated carbocycles. The number of hydrogen-bond acceptors (Lipinski definition) is 4. The van der Waals surface area contributed by atoms with Crippen LogP contribution in [0.1, 0.15) is 29.2 Å². The van der Waals surface area contributed by atoms with E-state index in [9.17, 15) is 4.79 Å². The van der Waals surface area contributed by atoms with E-state index in [2.05, 4.69) is 21.2 Å². The molecule has 2 aromatic rings. The molecule has 1 heterocycles. The number of benzene rings is 1. The summed E-state index contributed by atoms with van der Waals surface area (Å²) in [5, 5.41) is 2.79. The Kier molecular flexibility index (Phi) is 6.48. The first-order valence-electron chi connectivity index (χ1n) is 7.14. The van der Waals surface area contributed by atoms with Crippen molar-refractivity contribution >= 4 is 21.8 Å². The van der Waals surface area contributed by atoms with Crippen molar-refractivity contribution in [3.63, 3.8) is 0 Å². The van der Waals surface area contributed by atoms with Crippen LogP contribution in [0, 0.1) is 0 Å². The van der Waals surface area contributed by atoms with E-state index in [0.29, 0.717) is 24.6 Å². The van der Waals surface area contributed by atoms with Gasteiger partial charge in [-0.15, -0.1) is 0 Å². The molecule has 2 rings (SSSR count). The van der Waals surface area contributed by atoms with Crippen molar-refractivity contribution in [1.29, 1.82) is 0 Å². The van der Waals surface area contributed by atoms with E-state index < -0.39 is 0 Å². The molecule has 0 aliphatic carbocycles. The van der Waals surface area contributed by atoms with Crippen LogP contribution in [-0.4, -0.2) is 19.0 Å². The van der Waals surface area contributed by atoms with E-state index in [1.807, 2.05) is 24.3 Å². The summed E-state index contributed by atoms with van der Waals surface area (Å²) in [6.07, 6.45) is 1.76. The topological polar surface area (TPSA) is 77.5 Å². The van der Waals surface area contributed by atoms with E-state index in [1.165, 1.54) is 0 Å². The summed E-state index contributed by atoms with van der Waals surface area (Å²) in [4.78, 5) is 11.9. The van der Waals surface area contributed by atoms with Crippen molar-refractivity contribution in [2.75, 3.05) is 13.1 Å². The number of nitrogens with one attached hydrogen (secondary N) is 1. The fourth-order valence-corrected chi connectivity index (χ4v) is 2.09. The molecule has 5 nitrogen and oxygen atoms in total. The van der Waals surface area contributed by atoms with Crippen LogP contribution in [0.3, 0.4) is 0 Å². The maximum Gasteiger partial charge on any atom is 0.286 e. The van der Waals surface area contributed by atoms with Crippen molar-refractivity contribution in [1.82, 2.24) is 5.32 Å². The zero-order valence-corrected chi connectivity index (χ0v) is 13.8. The summed E-state index contributed by atoms with van der Waals surface area (Å²) in [6, 6.07) is 10.9. The van der Waals surface area contributed by atoms with Gasteiger partial charge < -0.3 is 20.2 Å². The van der Waals surface area contributed by atoms with Crippen LogP contribution in [0.15, 0.2) is 45.3 Å². The highest BCUT2D eigenvalue weighted by Gasteiger charge is 2.10. The molecule has 0 spiro atoms. The minimum Gasteiger partial charge on any atom is -0.486 e. The number of nitrogens with two attached hydrogens (primary N) is 1. The van der Waals surface area contributed by atoms with Gasteiger partial charge in [0.1, 0.15) is 18.1 Å². The van der Waals surface area contributed by atoms with Gasteiger partial charge in [-0.05, 0) is 55.8 Å². The van der Waals surface area contributed by atoms with Crippen LogP contribution in [0.4, 0.5) is 0 Å². The molecule has 1 aromatic heterocycles. The van der Waals surface area contributed by atoms with Gasteiger partial charge in [-0.2, -0.15) is 0 Å². The predicted molar refractivity (Wildman–Crippen MR) is 87.8 cm³/mol. The molecule has 0 saturated heterocycles. The van der Waals surface area contributed by atoms with Crippen LogP contribution >= 0.6 is 15.9 Å². The Hall–Kier alpha value is -1.79.